The van der Waals surface area contributed by atoms with Crippen LogP contribution in [0.2, 0.25) is 0 Å². The van der Waals surface area contributed by atoms with Gasteiger partial charge in [-0.3, -0.25) is 0 Å². The number of allylic oxidation sites excluding steroid dienone is 3. The summed E-state index contributed by atoms with van der Waals surface area (Å²) in [6.07, 6.45) is 7.33. The van der Waals surface area contributed by atoms with Crippen molar-refractivity contribution in [3.8, 4) is 0 Å². The molecule has 1 heteroatoms. The van der Waals surface area contributed by atoms with Crippen molar-refractivity contribution in [1.82, 2.24) is 0 Å². The fraction of sp³-hybridized carbons (Fsp3) is 0.600. The van der Waals surface area contributed by atoms with Crippen LogP contribution in [0.15, 0.2) is 23.8 Å². The number of aliphatic hydroxyl groups excluding tert-OH is 1. The first-order chi connectivity index (χ1) is 5.24. The van der Waals surface area contributed by atoms with E-state index >= 15 is 0 Å². The molecule has 0 saturated carbocycles. The van der Waals surface area contributed by atoms with Gasteiger partial charge >= 0.3 is 0 Å². The summed E-state index contributed by atoms with van der Waals surface area (Å²) in [6.45, 7) is 4.65. The summed E-state index contributed by atoms with van der Waals surface area (Å²) in [5.74, 6) is 1.31. The second-order valence-electron chi connectivity index (χ2n) is 3.48. The Bertz CT molecular complexity index is 177. The van der Waals surface area contributed by atoms with Crippen LogP contribution in [0, 0.1) is 11.8 Å². The van der Waals surface area contributed by atoms with Crippen LogP contribution in [0.5, 0.6) is 0 Å². The second-order valence-corrected chi connectivity index (χ2v) is 3.48. The third kappa shape index (κ3) is 2.19. The molecule has 1 rings (SSSR count). The van der Waals surface area contributed by atoms with Crippen LogP contribution in [-0.4, -0.2) is 11.7 Å². The topological polar surface area (TPSA) is 20.2 Å². The minimum absolute atomic E-state index is 0.216. The molecule has 0 fully saturated rings. The summed E-state index contributed by atoms with van der Waals surface area (Å²) < 4.78 is 0. The molecule has 1 N–H and O–H groups in total. The van der Waals surface area contributed by atoms with Gasteiger partial charge in [0, 0.05) is 0 Å². The average Bonchev–Trinajstić information content (AvgIpc) is 2.05. The first-order valence-corrected chi connectivity index (χ1v) is 4.21. The molecule has 0 heterocycles. The smallest absolute Gasteiger partial charge is 0.0645 e. The van der Waals surface area contributed by atoms with E-state index in [-0.39, 0.29) is 6.61 Å². The lowest BCUT2D eigenvalue weighted by Crippen LogP contribution is -2.10. The number of hydrogen-bond donors (Lipinski definition) is 1. The second kappa shape index (κ2) is 3.72. The Morgan fingerprint density at radius 1 is 1.64 bits per heavy atom. The first-order valence-electron chi connectivity index (χ1n) is 4.21. The van der Waals surface area contributed by atoms with Gasteiger partial charge in [-0.05, 0) is 23.8 Å². The van der Waals surface area contributed by atoms with Crippen molar-refractivity contribution in [2.75, 3.05) is 6.61 Å². The minimum Gasteiger partial charge on any atom is -0.392 e. The normalized spacial score (nSPS) is 24.0. The van der Waals surface area contributed by atoms with Gasteiger partial charge in [-0.15, -0.1) is 0 Å². The predicted molar refractivity (Wildman–Crippen MR) is 47.3 cm³/mol. The van der Waals surface area contributed by atoms with E-state index in [1.165, 1.54) is 0 Å². The van der Waals surface area contributed by atoms with Crippen molar-refractivity contribution in [2.24, 2.45) is 11.8 Å². The van der Waals surface area contributed by atoms with Crippen molar-refractivity contribution in [3.05, 3.63) is 23.8 Å². The van der Waals surface area contributed by atoms with E-state index in [1.807, 2.05) is 6.08 Å². The lowest BCUT2D eigenvalue weighted by atomic mass is 9.86. The molecule has 0 aromatic rings. The molecule has 0 amide bonds. The Morgan fingerprint density at radius 3 is 2.91 bits per heavy atom. The van der Waals surface area contributed by atoms with Crippen LogP contribution in [0.25, 0.3) is 0 Å². The Hall–Kier alpha value is -0.560. The summed E-state index contributed by atoms with van der Waals surface area (Å²) >= 11 is 0. The minimum atomic E-state index is 0.216. The Balaban J connectivity index is 2.55. The van der Waals surface area contributed by atoms with E-state index in [9.17, 15) is 0 Å². The monoisotopic (exact) mass is 152 g/mol. The molecule has 0 aromatic carbocycles. The van der Waals surface area contributed by atoms with Crippen LogP contribution in [-0.2, 0) is 0 Å². The lowest BCUT2D eigenvalue weighted by molar-refractivity contribution is 0.315. The van der Waals surface area contributed by atoms with Gasteiger partial charge in [0.25, 0.3) is 0 Å². The van der Waals surface area contributed by atoms with Crippen molar-refractivity contribution in [1.29, 1.82) is 0 Å². The Labute approximate surface area is 68.4 Å². The molecule has 1 unspecified atom stereocenters. The fourth-order valence-electron chi connectivity index (χ4n) is 1.35. The summed E-state index contributed by atoms with van der Waals surface area (Å²) in [5, 5.41) is 8.89. The molecular weight excluding hydrogens is 136 g/mol. The summed E-state index contributed by atoms with van der Waals surface area (Å²) in [6, 6.07) is 0. The van der Waals surface area contributed by atoms with Gasteiger partial charge in [-0.25, -0.2) is 0 Å². The van der Waals surface area contributed by atoms with Gasteiger partial charge in [0.2, 0.25) is 0 Å². The van der Waals surface area contributed by atoms with E-state index in [0.717, 1.165) is 12.0 Å². The zero-order valence-electron chi connectivity index (χ0n) is 7.25. The molecule has 0 radical (unpaired) electrons. The highest BCUT2D eigenvalue weighted by Crippen LogP contribution is 2.24. The zero-order valence-corrected chi connectivity index (χ0v) is 7.25. The molecule has 1 nitrogen and oxygen atoms in total. The van der Waals surface area contributed by atoms with Gasteiger partial charge in [0.05, 0.1) is 6.61 Å². The molecule has 1 aliphatic rings. The van der Waals surface area contributed by atoms with Gasteiger partial charge in [0.15, 0.2) is 0 Å². The van der Waals surface area contributed by atoms with Crippen LogP contribution >= 0.6 is 0 Å². The van der Waals surface area contributed by atoms with Gasteiger partial charge in [0.1, 0.15) is 0 Å². The van der Waals surface area contributed by atoms with Crippen LogP contribution in [0.3, 0.4) is 0 Å². The molecule has 11 heavy (non-hydrogen) atoms. The van der Waals surface area contributed by atoms with E-state index in [4.69, 9.17) is 5.11 Å². The average molecular weight is 152 g/mol. The standard InChI is InChI=1S/C10H16O/c1-8(2)10-5-3-4-9(6-10)7-11/h3-5,8,10-11H,6-7H2,1-2H3. The summed E-state index contributed by atoms with van der Waals surface area (Å²) in [7, 11) is 0. The van der Waals surface area contributed by atoms with Gasteiger partial charge < -0.3 is 5.11 Å². The maximum absolute atomic E-state index is 8.89. The van der Waals surface area contributed by atoms with Crippen LogP contribution in [0.4, 0.5) is 0 Å². The summed E-state index contributed by atoms with van der Waals surface area (Å²) in [5.41, 5.74) is 1.16. The molecule has 0 aromatic heterocycles. The van der Waals surface area contributed by atoms with E-state index in [0.29, 0.717) is 11.8 Å². The van der Waals surface area contributed by atoms with Gasteiger partial charge in [-0.2, -0.15) is 0 Å². The molecule has 0 spiro atoms. The SMILES string of the molecule is CC(C)C1C=CC=C(CO)C1. The highest BCUT2D eigenvalue weighted by atomic mass is 16.3. The maximum atomic E-state index is 8.89. The molecule has 1 aliphatic carbocycles. The molecule has 1 atom stereocenters. The van der Waals surface area contributed by atoms with Crippen molar-refractivity contribution in [2.45, 2.75) is 20.3 Å². The zero-order chi connectivity index (χ0) is 8.27. The van der Waals surface area contributed by atoms with Crippen molar-refractivity contribution in [3.63, 3.8) is 0 Å². The fourth-order valence-corrected chi connectivity index (χ4v) is 1.35. The number of aliphatic hydroxyl groups is 1. The molecule has 0 saturated heterocycles. The Morgan fingerprint density at radius 2 is 2.36 bits per heavy atom. The largest absolute Gasteiger partial charge is 0.392 e. The van der Waals surface area contributed by atoms with Crippen molar-refractivity contribution < 1.29 is 5.11 Å². The highest BCUT2D eigenvalue weighted by molar-refractivity contribution is 5.20. The van der Waals surface area contributed by atoms with E-state index in [2.05, 4.69) is 26.0 Å². The molecule has 62 valence electrons. The quantitative estimate of drug-likeness (QED) is 0.642. The predicted octanol–water partition coefficient (Wildman–Crippen LogP) is 2.14. The van der Waals surface area contributed by atoms with E-state index < -0.39 is 0 Å². The molecule has 0 aliphatic heterocycles. The third-order valence-corrected chi connectivity index (χ3v) is 2.25. The lowest BCUT2D eigenvalue weighted by Gasteiger charge is -2.20. The van der Waals surface area contributed by atoms with Crippen molar-refractivity contribution >= 4 is 0 Å². The molecular formula is C10H16O. The summed E-state index contributed by atoms with van der Waals surface area (Å²) in [4.78, 5) is 0. The molecule has 0 bridgehead atoms. The number of hydrogen-bond acceptors (Lipinski definition) is 1. The Kier molecular flexibility index (Phi) is 2.89. The van der Waals surface area contributed by atoms with Crippen LogP contribution < -0.4 is 0 Å². The maximum Gasteiger partial charge on any atom is 0.0645 e. The third-order valence-electron chi connectivity index (χ3n) is 2.25. The van der Waals surface area contributed by atoms with E-state index in [1.54, 1.807) is 0 Å². The number of rotatable bonds is 2. The van der Waals surface area contributed by atoms with Gasteiger partial charge in [-0.1, -0.05) is 32.1 Å². The highest BCUT2D eigenvalue weighted by Gasteiger charge is 2.13. The first kappa shape index (κ1) is 8.54. The van der Waals surface area contributed by atoms with Crippen LogP contribution in [0.1, 0.15) is 20.3 Å².